The third-order valence-electron chi connectivity index (χ3n) is 7.83. The normalized spacial score (nSPS) is 24.8. The van der Waals surface area contributed by atoms with Gasteiger partial charge in [-0.3, -0.25) is 9.69 Å². The topological polar surface area (TPSA) is 87.2 Å². The first-order valence-corrected chi connectivity index (χ1v) is 14.3. The molecule has 9 heteroatoms. The Hall–Kier alpha value is -2.13. The number of rotatable bonds is 6. The molecular formula is C26H31ClN2O5S. The Morgan fingerprint density at radius 2 is 1.80 bits per heavy atom. The Labute approximate surface area is 211 Å². The van der Waals surface area contributed by atoms with Crippen molar-refractivity contribution in [1.82, 2.24) is 4.90 Å². The number of aliphatic hydroxyl groups excluding tert-OH is 1. The number of sulfone groups is 1. The van der Waals surface area contributed by atoms with Crippen molar-refractivity contribution in [2.75, 3.05) is 30.9 Å². The van der Waals surface area contributed by atoms with E-state index in [9.17, 15) is 18.3 Å². The van der Waals surface area contributed by atoms with E-state index in [1.54, 1.807) is 24.3 Å². The second kappa shape index (κ2) is 9.07. The monoisotopic (exact) mass is 518 g/mol. The number of carbonyl (C=O) groups excluding carboxylic acids is 1. The van der Waals surface area contributed by atoms with Crippen molar-refractivity contribution in [2.24, 2.45) is 0 Å². The molecule has 0 bridgehead atoms. The average Bonchev–Trinajstić information content (AvgIpc) is 3.03. The van der Waals surface area contributed by atoms with E-state index in [4.69, 9.17) is 16.3 Å². The number of fused-ring (bicyclic) bond motifs is 2. The highest BCUT2D eigenvalue weighted by Crippen LogP contribution is 2.51. The third-order valence-corrected chi connectivity index (χ3v) is 9.20. The predicted molar refractivity (Wildman–Crippen MR) is 135 cm³/mol. The number of carbonyl (C=O) groups is 1. The van der Waals surface area contributed by atoms with Crippen molar-refractivity contribution in [3.05, 3.63) is 53.1 Å². The highest BCUT2D eigenvalue weighted by molar-refractivity contribution is 7.90. The number of likely N-dealkylation sites (tertiary alicyclic amines) is 1. The second-order valence-corrected chi connectivity index (χ2v) is 12.6. The van der Waals surface area contributed by atoms with E-state index in [2.05, 4.69) is 11.8 Å². The molecule has 1 spiro atoms. The molecule has 2 aliphatic heterocycles. The van der Waals surface area contributed by atoms with Crippen LogP contribution in [0.25, 0.3) is 0 Å². The smallest absolute Gasteiger partial charge is 0.238 e. The molecule has 2 aromatic carbocycles. The van der Waals surface area contributed by atoms with Gasteiger partial charge >= 0.3 is 0 Å². The minimum atomic E-state index is -3.23. The van der Waals surface area contributed by atoms with Crippen LogP contribution in [-0.2, 0) is 20.0 Å². The summed E-state index contributed by atoms with van der Waals surface area (Å²) in [4.78, 5) is 18.3. The molecule has 1 amide bonds. The minimum Gasteiger partial charge on any atom is -0.492 e. The van der Waals surface area contributed by atoms with Crippen molar-refractivity contribution < 1.29 is 23.1 Å². The van der Waals surface area contributed by atoms with Crippen LogP contribution in [0, 0.1) is 0 Å². The molecule has 0 aromatic heterocycles. The first-order valence-electron chi connectivity index (χ1n) is 12.1. The van der Waals surface area contributed by atoms with E-state index in [1.807, 2.05) is 23.1 Å². The summed E-state index contributed by atoms with van der Waals surface area (Å²) in [6.45, 7) is 4.09. The van der Waals surface area contributed by atoms with Crippen LogP contribution in [0.1, 0.15) is 38.2 Å². The molecule has 5 rings (SSSR count). The van der Waals surface area contributed by atoms with E-state index in [1.165, 1.54) is 6.26 Å². The summed E-state index contributed by atoms with van der Waals surface area (Å²) in [5.74, 6) is 0.770. The van der Waals surface area contributed by atoms with Gasteiger partial charge in [0.25, 0.3) is 0 Å². The van der Waals surface area contributed by atoms with Crippen LogP contribution >= 0.6 is 11.6 Å². The lowest BCUT2D eigenvalue weighted by atomic mass is 9.73. The van der Waals surface area contributed by atoms with Gasteiger partial charge < -0.3 is 14.7 Å². The van der Waals surface area contributed by atoms with E-state index in [-0.39, 0.29) is 29.0 Å². The Morgan fingerprint density at radius 1 is 1.14 bits per heavy atom. The maximum absolute atomic E-state index is 13.8. The third kappa shape index (κ3) is 4.46. The van der Waals surface area contributed by atoms with Gasteiger partial charge in [0.15, 0.2) is 9.84 Å². The maximum Gasteiger partial charge on any atom is 0.238 e. The van der Waals surface area contributed by atoms with Crippen molar-refractivity contribution in [3.8, 4) is 5.75 Å². The number of hydrogen-bond acceptors (Lipinski definition) is 6. The van der Waals surface area contributed by atoms with Gasteiger partial charge in [-0.2, -0.15) is 0 Å². The molecule has 2 heterocycles. The average molecular weight is 519 g/mol. The van der Waals surface area contributed by atoms with E-state index in [0.717, 1.165) is 24.3 Å². The molecule has 188 valence electrons. The van der Waals surface area contributed by atoms with E-state index in [0.29, 0.717) is 43.1 Å². The molecule has 0 radical (unpaired) electrons. The summed E-state index contributed by atoms with van der Waals surface area (Å²) in [5.41, 5.74) is 1.39. The molecule has 2 fully saturated rings. The predicted octanol–water partition coefficient (Wildman–Crippen LogP) is 3.41. The van der Waals surface area contributed by atoms with Crippen LogP contribution in [0.3, 0.4) is 0 Å². The molecule has 1 N–H and O–H groups in total. The molecular weight excluding hydrogens is 488 g/mol. The first-order chi connectivity index (χ1) is 16.6. The molecule has 1 saturated carbocycles. The second-order valence-electron chi connectivity index (χ2n) is 10.1. The van der Waals surface area contributed by atoms with Gasteiger partial charge in [0, 0.05) is 29.0 Å². The van der Waals surface area contributed by atoms with Crippen LogP contribution in [0.4, 0.5) is 5.69 Å². The zero-order chi connectivity index (χ0) is 25.0. The van der Waals surface area contributed by atoms with Crippen molar-refractivity contribution in [2.45, 2.75) is 61.1 Å². The van der Waals surface area contributed by atoms with E-state index < -0.39 is 15.3 Å². The summed E-state index contributed by atoms with van der Waals surface area (Å²) in [7, 11) is -3.23. The van der Waals surface area contributed by atoms with Gasteiger partial charge in [-0.05, 0) is 93.7 Å². The van der Waals surface area contributed by atoms with Gasteiger partial charge in [-0.15, -0.1) is 0 Å². The highest BCUT2D eigenvalue weighted by atomic mass is 35.5. The molecule has 35 heavy (non-hydrogen) atoms. The SMILES string of the molecule is C[C@H](COc1ccc(S(C)(=O)=O)cc1)N1CCC2(CC1)C(=O)N([C@H]1C[C@H](O)C1)c1ccc(Cl)cc12. The van der Waals surface area contributed by atoms with E-state index >= 15 is 0 Å². The van der Waals surface area contributed by atoms with Gasteiger partial charge in [0.2, 0.25) is 5.91 Å². The van der Waals surface area contributed by atoms with Crippen LogP contribution in [0.15, 0.2) is 47.4 Å². The number of benzene rings is 2. The number of nitrogens with zero attached hydrogens (tertiary/aromatic N) is 2. The van der Waals surface area contributed by atoms with Gasteiger partial charge in [-0.1, -0.05) is 11.6 Å². The fourth-order valence-corrected chi connectivity index (χ4v) is 6.43. The van der Waals surface area contributed by atoms with Gasteiger partial charge in [-0.25, -0.2) is 8.42 Å². The number of ether oxygens (including phenoxy) is 1. The van der Waals surface area contributed by atoms with Crippen LogP contribution in [0.2, 0.25) is 5.02 Å². The molecule has 7 nitrogen and oxygen atoms in total. The zero-order valence-corrected chi connectivity index (χ0v) is 21.6. The molecule has 0 unspecified atom stereocenters. The Morgan fingerprint density at radius 3 is 2.40 bits per heavy atom. The van der Waals surface area contributed by atoms with Crippen LogP contribution < -0.4 is 9.64 Å². The number of hydrogen-bond donors (Lipinski definition) is 1. The first kappa shape index (κ1) is 24.6. The minimum absolute atomic E-state index is 0.0521. The van der Waals surface area contributed by atoms with Gasteiger partial charge in [0.05, 0.1) is 16.4 Å². The fraction of sp³-hybridized carbons (Fsp3) is 0.500. The summed E-state index contributed by atoms with van der Waals surface area (Å²) in [6.07, 6.45) is 3.51. The number of aliphatic hydroxyl groups is 1. The Balaban J connectivity index is 1.25. The lowest BCUT2D eigenvalue weighted by Crippen LogP contribution is -2.55. The summed E-state index contributed by atoms with van der Waals surface area (Å²) in [5, 5.41) is 10.5. The number of piperidine rings is 1. The number of halogens is 1. The molecule has 3 aliphatic rings. The fourth-order valence-electron chi connectivity index (χ4n) is 5.62. The molecule has 1 saturated heterocycles. The Kier molecular flexibility index (Phi) is 6.36. The van der Waals surface area contributed by atoms with Crippen LogP contribution in [-0.4, -0.2) is 68.5 Å². The number of anilines is 1. The van der Waals surface area contributed by atoms with Crippen molar-refractivity contribution in [3.63, 3.8) is 0 Å². The highest BCUT2D eigenvalue weighted by Gasteiger charge is 2.55. The van der Waals surface area contributed by atoms with Crippen molar-refractivity contribution in [1.29, 1.82) is 0 Å². The lowest BCUT2D eigenvalue weighted by molar-refractivity contribution is -0.126. The molecule has 2 aromatic rings. The number of amides is 1. The summed E-state index contributed by atoms with van der Waals surface area (Å²) < 4.78 is 29.2. The summed E-state index contributed by atoms with van der Waals surface area (Å²) in [6, 6.07) is 12.4. The molecule has 1 atom stereocenters. The molecule has 1 aliphatic carbocycles. The largest absolute Gasteiger partial charge is 0.492 e. The van der Waals surface area contributed by atoms with Crippen molar-refractivity contribution >= 4 is 33.0 Å². The van der Waals surface area contributed by atoms with Crippen LogP contribution in [0.5, 0.6) is 5.75 Å². The maximum atomic E-state index is 13.8. The zero-order valence-electron chi connectivity index (χ0n) is 20.0. The quantitative estimate of drug-likeness (QED) is 0.630. The standard InChI is InChI=1S/C26H31ClN2O5S/c1-17(16-34-21-4-6-22(7-5-21)35(2,32)33)28-11-9-26(10-12-28)23-13-18(27)3-8-24(23)29(25(26)31)19-14-20(30)15-19/h3-8,13,17,19-20,30H,9-12,14-16H2,1-2H3/t17-,19-,20-/m1/s1. The lowest BCUT2D eigenvalue weighted by Gasteiger charge is -2.43. The Bertz CT molecular complexity index is 1220. The van der Waals surface area contributed by atoms with Gasteiger partial charge in [0.1, 0.15) is 12.4 Å². The summed E-state index contributed by atoms with van der Waals surface area (Å²) >= 11 is 6.35.